The van der Waals surface area contributed by atoms with Gasteiger partial charge >= 0.3 is 6.36 Å². The SMILES string of the molecule is CCNS(=O)(=O)c1ccc(C)c(C(=O)N(C)Cc2ccc(OC(F)(F)F)cc2)c1. The summed E-state index contributed by atoms with van der Waals surface area (Å²) in [5.41, 5.74) is 1.42. The number of carbonyl (C=O) groups is 1. The number of aryl methyl sites for hydroxylation is 1. The van der Waals surface area contributed by atoms with Crippen LogP contribution in [-0.2, 0) is 16.6 Å². The van der Waals surface area contributed by atoms with E-state index in [-0.39, 0.29) is 29.3 Å². The Morgan fingerprint density at radius 2 is 1.76 bits per heavy atom. The van der Waals surface area contributed by atoms with Gasteiger partial charge in [0.2, 0.25) is 10.0 Å². The monoisotopic (exact) mass is 430 g/mol. The molecule has 29 heavy (non-hydrogen) atoms. The fourth-order valence-corrected chi connectivity index (χ4v) is 3.69. The highest BCUT2D eigenvalue weighted by Gasteiger charge is 2.31. The Morgan fingerprint density at radius 1 is 1.14 bits per heavy atom. The van der Waals surface area contributed by atoms with Crippen LogP contribution in [0.2, 0.25) is 0 Å². The van der Waals surface area contributed by atoms with Crippen molar-refractivity contribution in [2.75, 3.05) is 13.6 Å². The standard InChI is InChI=1S/C19H21F3N2O4S/c1-4-23-29(26,27)16-10-5-13(2)17(11-16)18(25)24(3)12-14-6-8-15(9-7-14)28-19(20,21)22/h5-11,23H,4,12H2,1-3H3. The molecule has 158 valence electrons. The lowest BCUT2D eigenvalue weighted by atomic mass is 10.1. The van der Waals surface area contributed by atoms with Crippen LogP contribution in [0.15, 0.2) is 47.4 Å². The molecule has 0 heterocycles. The Hall–Kier alpha value is -2.59. The van der Waals surface area contributed by atoms with Crippen molar-refractivity contribution >= 4 is 15.9 Å². The molecule has 10 heteroatoms. The van der Waals surface area contributed by atoms with Crippen LogP contribution < -0.4 is 9.46 Å². The second-order valence-corrected chi connectivity index (χ2v) is 8.10. The van der Waals surface area contributed by atoms with Gasteiger partial charge in [0.15, 0.2) is 0 Å². The Balaban J connectivity index is 2.18. The largest absolute Gasteiger partial charge is 0.573 e. The maximum Gasteiger partial charge on any atom is 0.573 e. The summed E-state index contributed by atoms with van der Waals surface area (Å²) in [6, 6.07) is 9.45. The van der Waals surface area contributed by atoms with Crippen LogP contribution in [-0.4, -0.2) is 39.2 Å². The number of hydrogen-bond acceptors (Lipinski definition) is 4. The first-order valence-electron chi connectivity index (χ1n) is 8.63. The first-order chi connectivity index (χ1) is 13.4. The predicted octanol–water partition coefficient (Wildman–Crippen LogP) is 3.46. The van der Waals surface area contributed by atoms with Crippen molar-refractivity contribution in [1.29, 1.82) is 0 Å². The lowest BCUT2D eigenvalue weighted by Gasteiger charge is -2.19. The number of alkyl halides is 3. The molecule has 0 atom stereocenters. The summed E-state index contributed by atoms with van der Waals surface area (Å²) in [7, 11) is -2.19. The van der Waals surface area contributed by atoms with Gasteiger partial charge in [-0.2, -0.15) is 0 Å². The van der Waals surface area contributed by atoms with E-state index in [1.807, 2.05) is 0 Å². The van der Waals surface area contributed by atoms with Gasteiger partial charge in [-0.05, 0) is 42.3 Å². The highest BCUT2D eigenvalue weighted by molar-refractivity contribution is 7.89. The molecule has 0 aromatic heterocycles. The zero-order chi connectivity index (χ0) is 21.8. The van der Waals surface area contributed by atoms with E-state index in [9.17, 15) is 26.4 Å². The number of benzene rings is 2. The van der Waals surface area contributed by atoms with Crippen LogP contribution in [0, 0.1) is 6.92 Å². The number of sulfonamides is 1. The molecule has 1 amide bonds. The zero-order valence-corrected chi connectivity index (χ0v) is 16.9. The van der Waals surface area contributed by atoms with E-state index in [2.05, 4.69) is 9.46 Å². The van der Waals surface area contributed by atoms with E-state index in [4.69, 9.17) is 0 Å². The molecule has 0 fully saturated rings. The molecular weight excluding hydrogens is 409 g/mol. The molecule has 0 spiro atoms. The second kappa shape index (κ2) is 8.83. The van der Waals surface area contributed by atoms with Crippen LogP contribution in [0.25, 0.3) is 0 Å². The summed E-state index contributed by atoms with van der Waals surface area (Å²) < 4.78 is 67.2. The minimum Gasteiger partial charge on any atom is -0.406 e. The van der Waals surface area contributed by atoms with Crippen molar-refractivity contribution in [3.8, 4) is 5.75 Å². The number of ether oxygens (including phenoxy) is 1. The van der Waals surface area contributed by atoms with Crippen molar-refractivity contribution in [2.45, 2.75) is 31.7 Å². The summed E-state index contributed by atoms with van der Waals surface area (Å²) in [6.07, 6.45) is -4.77. The molecule has 2 aromatic rings. The molecule has 0 bridgehead atoms. The molecular formula is C19H21F3N2O4S. The molecule has 0 aliphatic carbocycles. The van der Waals surface area contributed by atoms with Crippen molar-refractivity contribution in [2.24, 2.45) is 0 Å². The number of hydrogen-bond donors (Lipinski definition) is 1. The van der Waals surface area contributed by atoms with Crippen molar-refractivity contribution in [3.05, 3.63) is 59.2 Å². The second-order valence-electron chi connectivity index (χ2n) is 6.33. The summed E-state index contributed by atoms with van der Waals surface area (Å²) in [6.45, 7) is 3.67. The van der Waals surface area contributed by atoms with E-state index in [0.29, 0.717) is 11.1 Å². The van der Waals surface area contributed by atoms with Crippen molar-refractivity contribution in [1.82, 2.24) is 9.62 Å². The Bertz CT molecular complexity index is 974. The minimum atomic E-state index is -4.77. The van der Waals surface area contributed by atoms with Gasteiger partial charge in [-0.15, -0.1) is 13.2 Å². The third kappa shape index (κ3) is 6.20. The summed E-state index contributed by atoms with van der Waals surface area (Å²) >= 11 is 0. The number of carbonyl (C=O) groups excluding carboxylic acids is 1. The fourth-order valence-electron chi connectivity index (χ4n) is 2.62. The number of nitrogens with zero attached hydrogens (tertiary/aromatic N) is 1. The average molecular weight is 430 g/mol. The lowest BCUT2D eigenvalue weighted by Crippen LogP contribution is -2.28. The van der Waals surface area contributed by atoms with Gasteiger partial charge in [0.25, 0.3) is 5.91 Å². The average Bonchev–Trinajstić information content (AvgIpc) is 2.61. The first kappa shape index (κ1) is 22.7. The highest BCUT2D eigenvalue weighted by Crippen LogP contribution is 2.23. The number of nitrogens with one attached hydrogen (secondary N) is 1. The molecule has 2 rings (SSSR count). The molecule has 0 aliphatic heterocycles. The molecule has 0 saturated heterocycles. The summed E-state index contributed by atoms with van der Waals surface area (Å²) in [4.78, 5) is 14.1. The predicted molar refractivity (Wildman–Crippen MR) is 101 cm³/mol. The molecule has 1 N–H and O–H groups in total. The van der Waals surface area contributed by atoms with Crippen LogP contribution in [0.4, 0.5) is 13.2 Å². The normalized spacial score (nSPS) is 11.9. The molecule has 2 aromatic carbocycles. The highest BCUT2D eigenvalue weighted by atomic mass is 32.2. The molecule has 6 nitrogen and oxygen atoms in total. The lowest BCUT2D eigenvalue weighted by molar-refractivity contribution is -0.274. The maximum atomic E-state index is 12.8. The summed E-state index contributed by atoms with van der Waals surface area (Å²) in [5.74, 6) is -0.765. The minimum absolute atomic E-state index is 0.0182. The number of rotatable bonds is 7. The van der Waals surface area contributed by atoms with Crippen LogP contribution >= 0.6 is 0 Å². The van der Waals surface area contributed by atoms with E-state index in [0.717, 1.165) is 12.1 Å². The number of amides is 1. The molecule has 0 aliphatic rings. The smallest absolute Gasteiger partial charge is 0.406 e. The van der Waals surface area contributed by atoms with Gasteiger partial charge < -0.3 is 9.64 Å². The van der Waals surface area contributed by atoms with Gasteiger partial charge in [-0.25, -0.2) is 13.1 Å². The third-order valence-corrected chi connectivity index (χ3v) is 5.55. The molecule has 0 saturated carbocycles. The van der Waals surface area contributed by atoms with Gasteiger partial charge in [0.1, 0.15) is 5.75 Å². The zero-order valence-electron chi connectivity index (χ0n) is 16.1. The quantitative estimate of drug-likeness (QED) is 0.730. The van der Waals surface area contributed by atoms with Crippen molar-refractivity contribution < 1.29 is 31.1 Å². The van der Waals surface area contributed by atoms with Gasteiger partial charge in [-0.3, -0.25) is 4.79 Å². The van der Waals surface area contributed by atoms with Gasteiger partial charge in [0.05, 0.1) is 4.90 Å². The third-order valence-electron chi connectivity index (χ3n) is 4.01. The van der Waals surface area contributed by atoms with Crippen LogP contribution in [0.3, 0.4) is 0 Å². The van der Waals surface area contributed by atoms with Gasteiger partial charge in [0, 0.05) is 25.7 Å². The number of halogens is 3. The first-order valence-corrected chi connectivity index (χ1v) is 10.1. The Morgan fingerprint density at radius 3 is 2.31 bits per heavy atom. The molecule has 0 unspecified atom stereocenters. The van der Waals surface area contributed by atoms with Crippen LogP contribution in [0.5, 0.6) is 5.75 Å². The van der Waals surface area contributed by atoms with E-state index in [1.165, 1.54) is 36.2 Å². The topological polar surface area (TPSA) is 75.7 Å². The van der Waals surface area contributed by atoms with E-state index in [1.54, 1.807) is 19.9 Å². The molecule has 0 radical (unpaired) electrons. The van der Waals surface area contributed by atoms with Gasteiger partial charge in [-0.1, -0.05) is 25.1 Å². The fraction of sp³-hybridized carbons (Fsp3) is 0.316. The Kier molecular flexibility index (Phi) is 6.91. The maximum absolute atomic E-state index is 12.8. The van der Waals surface area contributed by atoms with E-state index >= 15 is 0 Å². The van der Waals surface area contributed by atoms with Crippen LogP contribution in [0.1, 0.15) is 28.4 Å². The van der Waals surface area contributed by atoms with Crippen molar-refractivity contribution in [3.63, 3.8) is 0 Å². The Labute approximate surface area is 167 Å². The summed E-state index contributed by atoms with van der Waals surface area (Å²) in [5, 5.41) is 0. The van der Waals surface area contributed by atoms with E-state index < -0.39 is 22.3 Å².